The van der Waals surface area contributed by atoms with Gasteiger partial charge >= 0.3 is 0 Å². The average Bonchev–Trinajstić information content (AvgIpc) is 3.08. The molecule has 1 aliphatic rings. The van der Waals surface area contributed by atoms with E-state index in [1.54, 1.807) is 24.5 Å². The molecule has 2 heterocycles. The molecule has 1 aliphatic heterocycles. The highest BCUT2D eigenvalue weighted by atomic mass is 35.5. The van der Waals surface area contributed by atoms with Crippen molar-refractivity contribution in [1.82, 2.24) is 0 Å². The van der Waals surface area contributed by atoms with Crippen molar-refractivity contribution in [1.29, 1.82) is 0 Å². The van der Waals surface area contributed by atoms with Gasteiger partial charge in [0.05, 0.1) is 16.9 Å². The van der Waals surface area contributed by atoms with Crippen LogP contribution in [0.5, 0.6) is 0 Å². The zero-order chi connectivity index (χ0) is 16.4. The van der Waals surface area contributed by atoms with Crippen LogP contribution >= 0.6 is 35.6 Å². The van der Waals surface area contributed by atoms with Gasteiger partial charge in [0.25, 0.3) is 5.91 Å². The van der Waals surface area contributed by atoms with E-state index in [9.17, 15) is 4.79 Å². The molecule has 1 aromatic heterocycles. The highest BCUT2D eigenvalue weighted by Crippen LogP contribution is 2.36. The summed E-state index contributed by atoms with van der Waals surface area (Å²) in [5.41, 5.74) is 1.59. The SMILES string of the molecule is CC(=C/c1ccco1)/C=C1/SC(=S)N(c2cccc(Cl)c2)C1=O. The predicted molar refractivity (Wildman–Crippen MR) is 99.6 cm³/mol. The summed E-state index contributed by atoms with van der Waals surface area (Å²) >= 11 is 12.6. The molecule has 0 saturated carbocycles. The van der Waals surface area contributed by atoms with Crippen molar-refractivity contribution in [2.24, 2.45) is 0 Å². The molecule has 116 valence electrons. The number of rotatable bonds is 3. The molecule has 1 fully saturated rings. The number of allylic oxidation sites excluding steroid dienone is 2. The van der Waals surface area contributed by atoms with Crippen molar-refractivity contribution in [3.63, 3.8) is 0 Å². The van der Waals surface area contributed by atoms with E-state index < -0.39 is 0 Å². The first-order valence-electron chi connectivity index (χ1n) is 6.80. The van der Waals surface area contributed by atoms with Gasteiger partial charge < -0.3 is 4.42 Å². The van der Waals surface area contributed by atoms with Crippen LogP contribution in [-0.2, 0) is 4.79 Å². The molecule has 0 aliphatic carbocycles. The van der Waals surface area contributed by atoms with Crippen LogP contribution < -0.4 is 4.90 Å². The number of nitrogens with zero attached hydrogens (tertiary/aromatic N) is 1. The van der Waals surface area contributed by atoms with Crippen LogP contribution in [0.15, 0.2) is 63.6 Å². The van der Waals surface area contributed by atoms with E-state index in [1.165, 1.54) is 16.7 Å². The number of thiocarbonyl (C=S) groups is 1. The molecule has 0 radical (unpaired) electrons. The molecule has 6 heteroatoms. The van der Waals surface area contributed by atoms with Crippen LogP contribution in [0.2, 0.25) is 5.02 Å². The second kappa shape index (κ2) is 6.74. The number of furan rings is 1. The van der Waals surface area contributed by atoms with Crippen LogP contribution in [0.25, 0.3) is 6.08 Å². The third kappa shape index (κ3) is 3.58. The van der Waals surface area contributed by atoms with Gasteiger partial charge in [-0.15, -0.1) is 0 Å². The standard InChI is InChI=1S/C17H12ClNO2S2/c1-11(8-14-6-3-7-21-14)9-15-16(20)19(17(22)23-15)13-5-2-4-12(18)10-13/h2-10H,1H3/b11-8-,15-9+. The van der Waals surface area contributed by atoms with Gasteiger partial charge in [0.15, 0.2) is 4.32 Å². The van der Waals surface area contributed by atoms with Gasteiger partial charge in [0.2, 0.25) is 0 Å². The van der Waals surface area contributed by atoms with Gasteiger partial charge in [-0.05, 0) is 55.0 Å². The van der Waals surface area contributed by atoms with Crippen molar-refractivity contribution >= 4 is 57.6 Å². The molecule has 0 bridgehead atoms. The van der Waals surface area contributed by atoms with Crippen LogP contribution in [0.3, 0.4) is 0 Å². The number of carbonyl (C=O) groups excluding carboxylic acids is 1. The maximum absolute atomic E-state index is 12.6. The van der Waals surface area contributed by atoms with Gasteiger partial charge in [0, 0.05) is 5.02 Å². The Bertz CT molecular complexity index is 825. The number of hydrogen-bond donors (Lipinski definition) is 0. The topological polar surface area (TPSA) is 33.5 Å². The lowest BCUT2D eigenvalue weighted by atomic mass is 10.2. The van der Waals surface area contributed by atoms with Gasteiger partial charge in [-0.2, -0.15) is 0 Å². The Morgan fingerprint density at radius 3 is 2.87 bits per heavy atom. The monoisotopic (exact) mass is 361 g/mol. The molecule has 0 unspecified atom stereocenters. The Balaban J connectivity index is 1.88. The molecular weight excluding hydrogens is 350 g/mol. The second-order valence-electron chi connectivity index (χ2n) is 4.90. The summed E-state index contributed by atoms with van der Waals surface area (Å²) in [6, 6.07) is 10.8. The molecule has 23 heavy (non-hydrogen) atoms. The maximum Gasteiger partial charge on any atom is 0.270 e. The lowest BCUT2D eigenvalue weighted by Crippen LogP contribution is -2.27. The summed E-state index contributed by atoms with van der Waals surface area (Å²) < 4.78 is 5.77. The fraction of sp³-hybridized carbons (Fsp3) is 0.0588. The molecule has 2 aromatic rings. The Morgan fingerprint density at radius 1 is 1.35 bits per heavy atom. The molecule has 1 aromatic carbocycles. The van der Waals surface area contributed by atoms with Crippen molar-refractivity contribution < 1.29 is 9.21 Å². The molecule has 1 amide bonds. The van der Waals surface area contributed by atoms with Crippen LogP contribution in [0.4, 0.5) is 5.69 Å². The van der Waals surface area contributed by atoms with E-state index in [-0.39, 0.29) is 5.91 Å². The first kappa shape index (κ1) is 16.1. The molecule has 0 N–H and O–H groups in total. The number of hydrogen-bond acceptors (Lipinski definition) is 4. The van der Waals surface area contributed by atoms with E-state index in [2.05, 4.69) is 0 Å². The van der Waals surface area contributed by atoms with E-state index in [0.29, 0.717) is 19.9 Å². The number of benzene rings is 1. The number of carbonyl (C=O) groups is 1. The number of thioether (sulfide) groups is 1. The molecule has 3 nitrogen and oxygen atoms in total. The molecule has 0 atom stereocenters. The van der Waals surface area contributed by atoms with Crippen LogP contribution in [0, 0.1) is 0 Å². The lowest BCUT2D eigenvalue weighted by Gasteiger charge is -2.14. The largest absolute Gasteiger partial charge is 0.465 e. The van der Waals surface area contributed by atoms with Gasteiger partial charge in [-0.25, -0.2) is 0 Å². The van der Waals surface area contributed by atoms with Gasteiger partial charge in [0.1, 0.15) is 5.76 Å². The number of amides is 1. The summed E-state index contributed by atoms with van der Waals surface area (Å²) in [4.78, 5) is 14.7. The molecular formula is C17H12ClNO2S2. The molecule has 1 saturated heterocycles. The lowest BCUT2D eigenvalue weighted by molar-refractivity contribution is -0.113. The highest BCUT2D eigenvalue weighted by Gasteiger charge is 2.33. The van der Waals surface area contributed by atoms with Crippen molar-refractivity contribution in [2.75, 3.05) is 4.90 Å². The summed E-state index contributed by atoms with van der Waals surface area (Å²) in [5.74, 6) is 0.596. The van der Waals surface area contributed by atoms with Crippen LogP contribution in [-0.4, -0.2) is 10.2 Å². The minimum absolute atomic E-state index is 0.144. The zero-order valence-electron chi connectivity index (χ0n) is 12.2. The maximum atomic E-state index is 12.6. The van der Waals surface area contributed by atoms with E-state index in [0.717, 1.165) is 11.3 Å². The predicted octanol–water partition coefficient (Wildman–Crippen LogP) is 5.29. The smallest absolute Gasteiger partial charge is 0.270 e. The van der Waals surface area contributed by atoms with Crippen molar-refractivity contribution in [3.8, 4) is 0 Å². The fourth-order valence-electron chi connectivity index (χ4n) is 2.15. The zero-order valence-corrected chi connectivity index (χ0v) is 14.5. The second-order valence-corrected chi connectivity index (χ2v) is 7.01. The summed E-state index contributed by atoms with van der Waals surface area (Å²) in [6.45, 7) is 1.91. The third-order valence-corrected chi connectivity index (χ3v) is 4.67. The van der Waals surface area contributed by atoms with E-state index >= 15 is 0 Å². The summed E-state index contributed by atoms with van der Waals surface area (Å²) in [7, 11) is 0. The van der Waals surface area contributed by atoms with Crippen LogP contribution in [0.1, 0.15) is 12.7 Å². The minimum atomic E-state index is -0.144. The van der Waals surface area contributed by atoms with Crippen molar-refractivity contribution in [3.05, 3.63) is 70.0 Å². The summed E-state index contributed by atoms with van der Waals surface area (Å²) in [6.07, 6.45) is 5.29. The van der Waals surface area contributed by atoms with E-state index in [1.807, 2.05) is 37.3 Å². The Morgan fingerprint density at radius 2 is 2.17 bits per heavy atom. The van der Waals surface area contributed by atoms with E-state index in [4.69, 9.17) is 28.2 Å². The minimum Gasteiger partial charge on any atom is -0.465 e. The first-order chi connectivity index (χ1) is 11.0. The Hall–Kier alpha value is -1.82. The van der Waals surface area contributed by atoms with Crippen molar-refractivity contribution in [2.45, 2.75) is 6.92 Å². The third-order valence-electron chi connectivity index (χ3n) is 3.13. The Labute approximate surface area is 148 Å². The molecule has 3 rings (SSSR count). The fourth-order valence-corrected chi connectivity index (χ4v) is 3.69. The normalized spacial score (nSPS) is 17.4. The first-order valence-corrected chi connectivity index (χ1v) is 8.40. The highest BCUT2D eigenvalue weighted by molar-refractivity contribution is 8.27. The average molecular weight is 362 g/mol. The quantitative estimate of drug-likeness (QED) is 0.549. The molecule has 0 spiro atoms. The number of halogens is 1. The number of anilines is 1. The van der Waals surface area contributed by atoms with Gasteiger partial charge in [-0.3, -0.25) is 9.69 Å². The van der Waals surface area contributed by atoms with Gasteiger partial charge in [-0.1, -0.05) is 41.6 Å². The summed E-state index contributed by atoms with van der Waals surface area (Å²) in [5, 5.41) is 0.564. The Kier molecular flexibility index (Phi) is 4.71.